The summed E-state index contributed by atoms with van der Waals surface area (Å²) in [7, 11) is -2.47. The summed E-state index contributed by atoms with van der Waals surface area (Å²) in [5.41, 5.74) is -0.205. The fourth-order valence-corrected chi connectivity index (χ4v) is 5.61. The van der Waals surface area contributed by atoms with E-state index in [-0.39, 0.29) is 53.2 Å². The zero-order valence-electron chi connectivity index (χ0n) is 18.9. The minimum Gasteiger partial charge on any atom is -0.495 e. The van der Waals surface area contributed by atoms with Crippen molar-refractivity contribution in [2.75, 3.05) is 25.5 Å². The highest BCUT2D eigenvalue weighted by molar-refractivity contribution is 7.89. The minimum atomic E-state index is -4.57. The normalized spacial score (nSPS) is 16.0. The topological polar surface area (TPSA) is 75.7 Å². The molecule has 0 saturated carbocycles. The summed E-state index contributed by atoms with van der Waals surface area (Å²) in [6.45, 7) is 4.09. The number of amides is 1. The molecule has 3 rings (SSSR count). The average Bonchev–Trinajstić information content (AvgIpc) is 2.79. The standard InChI is InChI=1S/C23H26ClF3N2O4S/c1-14(2)16-4-7-20(33-3)21(12-16)34(31,32)29-10-8-15(9-11-29)22(30)28-19-13-17(23(25,26)27)5-6-18(19)24/h4-7,12-15H,8-11H2,1-3H3,(H,28,30). The molecule has 2 aromatic rings. The summed E-state index contributed by atoms with van der Waals surface area (Å²) in [5, 5.41) is 2.44. The van der Waals surface area contributed by atoms with Gasteiger partial charge in [-0.3, -0.25) is 4.79 Å². The number of ether oxygens (including phenoxy) is 1. The van der Waals surface area contributed by atoms with E-state index in [9.17, 15) is 26.4 Å². The van der Waals surface area contributed by atoms with Gasteiger partial charge in [-0.25, -0.2) is 8.42 Å². The van der Waals surface area contributed by atoms with Crippen LogP contribution < -0.4 is 10.1 Å². The van der Waals surface area contributed by atoms with Crippen LogP contribution in [-0.4, -0.2) is 38.8 Å². The number of sulfonamides is 1. The maximum absolute atomic E-state index is 13.3. The highest BCUT2D eigenvalue weighted by Gasteiger charge is 2.35. The van der Waals surface area contributed by atoms with Crippen LogP contribution in [0.3, 0.4) is 0 Å². The minimum absolute atomic E-state index is 0.0153. The molecular weight excluding hydrogens is 493 g/mol. The Hall–Kier alpha value is -2.30. The summed E-state index contributed by atoms with van der Waals surface area (Å²) in [4.78, 5) is 12.8. The molecule has 2 aromatic carbocycles. The van der Waals surface area contributed by atoms with Crippen molar-refractivity contribution in [3.8, 4) is 5.75 Å². The Balaban J connectivity index is 1.72. The number of hydrogen-bond donors (Lipinski definition) is 1. The van der Waals surface area contributed by atoms with Gasteiger partial charge in [0.1, 0.15) is 10.6 Å². The van der Waals surface area contributed by atoms with Gasteiger partial charge in [0.15, 0.2) is 0 Å². The Bertz CT molecular complexity index is 1160. The van der Waals surface area contributed by atoms with E-state index in [1.54, 1.807) is 12.1 Å². The summed E-state index contributed by atoms with van der Waals surface area (Å²) in [6, 6.07) is 7.75. The second kappa shape index (κ2) is 10.1. The number of piperidine rings is 1. The number of anilines is 1. The van der Waals surface area contributed by atoms with Gasteiger partial charge in [-0.15, -0.1) is 0 Å². The lowest BCUT2D eigenvalue weighted by Gasteiger charge is -2.31. The van der Waals surface area contributed by atoms with Crippen molar-refractivity contribution in [1.82, 2.24) is 4.31 Å². The molecule has 0 aromatic heterocycles. The number of benzene rings is 2. The maximum Gasteiger partial charge on any atom is 0.416 e. The highest BCUT2D eigenvalue weighted by Crippen LogP contribution is 2.35. The fourth-order valence-electron chi connectivity index (χ4n) is 3.78. The molecule has 1 amide bonds. The molecule has 1 saturated heterocycles. The van der Waals surface area contributed by atoms with Gasteiger partial charge in [-0.1, -0.05) is 31.5 Å². The van der Waals surface area contributed by atoms with Crippen molar-refractivity contribution < 1.29 is 31.1 Å². The number of hydrogen-bond acceptors (Lipinski definition) is 4. The van der Waals surface area contributed by atoms with Gasteiger partial charge in [-0.05, 0) is 54.7 Å². The van der Waals surface area contributed by atoms with E-state index in [4.69, 9.17) is 16.3 Å². The first-order chi connectivity index (χ1) is 15.8. The third kappa shape index (κ3) is 5.67. The van der Waals surface area contributed by atoms with Gasteiger partial charge in [-0.2, -0.15) is 17.5 Å². The molecule has 6 nitrogen and oxygen atoms in total. The average molecular weight is 519 g/mol. The van der Waals surface area contributed by atoms with E-state index in [1.807, 2.05) is 19.9 Å². The van der Waals surface area contributed by atoms with Crippen molar-refractivity contribution in [3.63, 3.8) is 0 Å². The Kier molecular flexibility index (Phi) is 7.84. The molecule has 1 N–H and O–H groups in total. The van der Waals surface area contributed by atoms with E-state index in [0.717, 1.165) is 23.8 Å². The third-order valence-corrected chi connectivity index (χ3v) is 8.10. The lowest BCUT2D eigenvalue weighted by molar-refractivity contribution is -0.137. The molecule has 0 spiro atoms. The molecule has 0 bridgehead atoms. The van der Waals surface area contributed by atoms with Crippen molar-refractivity contribution in [3.05, 3.63) is 52.5 Å². The molecular formula is C23H26ClF3N2O4S. The van der Waals surface area contributed by atoms with Crippen LogP contribution in [-0.2, 0) is 21.0 Å². The number of methoxy groups -OCH3 is 1. The van der Waals surface area contributed by atoms with Crippen molar-refractivity contribution in [2.24, 2.45) is 5.92 Å². The monoisotopic (exact) mass is 518 g/mol. The Labute approximate surface area is 202 Å². The zero-order chi connectivity index (χ0) is 25.3. The highest BCUT2D eigenvalue weighted by atomic mass is 35.5. The molecule has 34 heavy (non-hydrogen) atoms. The molecule has 1 fully saturated rings. The van der Waals surface area contributed by atoms with Crippen LogP contribution in [0.15, 0.2) is 41.3 Å². The number of halogens is 4. The molecule has 1 heterocycles. The van der Waals surface area contributed by atoms with Gasteiger partial charge >= 0.3 is 6.18 Å². The van der Waals surface area contributed by atoms with Crippen LogP contribution in [0.1, 0.15) is 43.7 Å². The van der Waals surface area contributed by atoms with Gasteiger partial charge < -0.3 is 10.1 Å². The molecule has 1 aliphatic heterocycles. The molecule has 11 heteroatoms. The van der Waals surface area contributed by atoms with E-state index in [1.165, 1.54) is 11.4 Å². The Morgan fingerprint density at radius 1 is 1.15 bits per heavy atom. The molecule has 1 aliphatic rings. The van der Waals surface area contributed by atoms with Crippen LogP contribution in [0.4, 0.5) is 18.9 Å². The second-order valence-corrected chi connectivity index (χ2v) is 10.7. The van der Waals surface area contributed by atoms with Crippen LogP contribution in [0.2, 0.25) is 5.02 Å². The summed E-state index contributed by atoms with van der Waals surface area (Å²) >= 11 is 5.96. The van der Waals surface area contributed by atoms with Crippen molar-refractivity contribution in [1.29, 1.82) is 0 Å². The van der Waals surface area contributed by atoms with Gasteiger partial charge in [0.05, 0.1) is 23.4 Å². The largest absolute Gasteiger partial charge is 0.495 e. The molecule has 0 atom stereocenters. The van der Waals surface area contributed by atoms with E-state index < -0.39 is 33.6 Å². The first-order valence-corrected chi connectivity index (χ1v) is 12.5. The van der Waals surface area contributed by atoms with Crippen LogP contribution in [0, 0.1) is 5.92 Å². The SMILES string of the molecule is COc1ccc(C(C)C)cc1S(=O)(=O)N1CCC(C(=O)Nc2cc(C(F)(F)F)ccc2Cl)CC1. The fraction of sp³-hybridized carbons (Fsp3) is 0.435. The molecule has 186 valence electrons. The van der Waals surface area contributed by atoms with Crippen LogP contribution >= 0.6 is 11.6 Å². The number of nitrogens with zero attached hydrogens (tertiary/aromatic N) is 1. The van der Waals surface area contributed by atoms with E-state index >= 15 is 0 Å². The van der Waals surface area contributed by atoms with Crippen LogP contribution in [0.25, 0.3) is 0 Å². The predicted molar refractivity (Wildman–Crippen MR) is 124 cm³/mol. The number of carbonyl (C=O) groups is 1. The molecule has 0 aliphatic carbocycles. The number of nitrogens with one attached hydrogen (secondary N) is 1. The predicted octanol–water partition coefficient (Wildman–Crippen LogP) is 5.53. The maximum atomic E-state index is 13.3. The summed E-state index contributed by atoms with van der Waals surface area (Å²) in [6.07, 6.45) is -4.14. The van der Waals surface area contributed by atoms with Crippen molar-refractivity contribution >= 4 is 33.2 Å². The van der Waals surface area contributed by atoms with Crippen LogP contribution in [0.5, 0.6) is 5.75 Å². The van der Waals surface area contributed by atoms with E-state index in [0.29, 0.717) is 0 Å². The van der Waals surface area contributed by atoms with Gasteiger partial charge in [0, 0.05) is 19.0 Å². The quantitative estimate of drug-likeness (QED) is 0.545. The molecule has 0 unspecified atom stereocenters. The van der Waals surface area contributed by atoms with Gasteiger partial charge in [0.25, 0.3) is 0 Å². The first kappa shape index (κ1) is 26.3. The number of carbonyl (C=O) groups excluding carboxylic acids is 1. The zero-order valence-corrected chi connectivity index (χ0v) is 20.5. The first-order valence-electron chi connectivity index (χ1n) is 10.7. The Morgan fingerprint density at radius 2 is 1.79 bits per heavy atom. The van der Waals surface area contributed by atoms with Crippen molar-refractivity contribution in [2.45, 2.75) is 43.7 Å². The number of alkyl halides is 3. The third-order valence-electron chi connectivity index (χ3n) is 5.85. The smallest absolute Gasteiger partial charge is 0.416 e. The van der Waals surface area contributed by atoms with Gasteiger partial charge in [0.2, 0.25) is 15.9 Å². The second-order valence-electron chi connectivity index (χ2n) is 8.42. The Morgan fingerprint density at radius 3 is 2.35 bits per heavy atom. The lowest BCUT2D eigenvalue weighted by Crippen LogP contribution is -2.41. The molecule has 0 radical (unpaired) electrons. The summed E-state index contributed by atoms with van der Waals surface area (Å²) < 4.78 is 72.1. The lowest BCUT2D eigenvalue weighted by atomic mass is 9.97. The number of rotatable bonds is 6. The summed E-state index contributed by atoms with van der Waals surface area (Å²) in [5.74, 6) is -0.709. The van der Waals surface area contributed by atoms with E-state index in [2.05, 4.69) is 5.32 Å².